The van der Waals surface area contributed by atoms with Crippen molar-refractivity contribution in [2.75, 3.05) is 16.8 Å². The highest BCUT2D eigenvalue weighted by Crippen LogP contribution is 2.34. The lowest BCUT2D eigenvalue weighted by Crippen LogP contribution is -2.20. The molecule has 2 aromatic carbocycles. The molecule has 0 bridgehead atoms. The Morgan fingerprint density at radius 3 is 2.38 bits per heavy atom. The van der Waals surface area contributed by atoms with Crippen molar-refractivity contribution in [3.63, 3.8) is 0 Å². The maximum absolute atomic E-state index is 14.1. The summed E-state index contributed by atoms with van der Waals surface area (Å²) in [5, 5.41) is 2.82. The van der Waals surface area contributed by atoms with Crippen molar-refractivity contribution in [2.24, 2.45) is 0 Å². The number of benzene rings is 2. The molecular weight excluding hydrogens is 296 g/mol. The molecule has 2 aromatic rings. The van der Waals surface area contributed by atoms with Crippen LogP contribution >= 0.6 is 11.6 Å². The van der Waals surface area contributed by atoms with Crippen LogP contribution < -0.4 is 16.8 Å². The third-order valence-corrected chi connectivity index (χ3v) is 3.50. The van der Waals surface area contributed by atoms with E-state index in [1.54, 1.807) is 12.1 Å². The van der Waals surface area contributed by atoms with Gasteiger partial charge in [0, 0.05) is 6.04 Å². The molecule has 1 atom stereocenters. The molecule has 5 N–H and O–H groups in total. The molecule has 0 fully saturated rings. The van der Waals surface area contributed by atoms with Gasteiger partial charge in [0.25, 0.3) is 0 Å². The van der Waals surface area contributed by atoms with Crippen LogP contribution in [0.15, 0.2) is 30.3 Å². The van der Waals surface area contributed by atoms with Crippen molar-refractivity contribution in [1.82, 2.24) is 0 Å². The van der Waals surface area contributed by atoms with Crippen molar-refractivity contribution in [3.05, 3.63) is 52.6 Å². The number of hydrogen-bond acceptors (Lipinski definition) is 3. The first-order valence-electron chi connectivity index (χ1n) is 6.42. The van der Waals surface area contributed by atoms with Crippen LogP contribution in [-0.2, 0) is 6.42 Å². The summed E-state index contributed by atoms with van der Waals surface area (Å²) in [6.07, 6.45) is 0.584. The fourth-order valence-electron chi connectivity index (χ4n) is 2.08. The Bertz CT molecular complexity index is 644. The standard InChI is InChI=1S/C15H16ClF2N3/c1-8(6-9-2-4-10(17)5-3-9)21-15-12(20)7-11(19)13(16)14(15)18/h2-5,7-8,21H,6,19-20H2,1H3. The fraction of sp³-hybridized carbons (Fsp3) is 0.200. The van der Waals surface area contributed by atoms with Crippen LogP contribution in [0.5, 0.6) is 0 Å². The van der Waals surface area contributed by atoms with E-state index in [9.17, 15) is 8.78 Å². The van der Waals surface area contributed by atoms with Gasteiger partial charge in [-0.15, -0.1) is 0 Å². The highest BCUT2D eigenvalue weighted by Gasteiger charge is 2.16. The molecule has 0 aliphatic carbocycles. The predicted octanol–water partition coefficient (Wildman–Crippen LogP) is 3.83. The van der Waals surface area contributed by atoms with Crippen molar-refractivity contribution in [2.45, 2.75) is 19.4 Å². The van der Waals surface area contributed by atoms with Gasteiger partial charge in [-0.05, 0) is 37.1 Å². The summed E-state index contributed by atoms with van der Waals surface area (Å²) in [4.78, 5) is 0. The normalized spacial score (nSPS) is 12.2. The van der Waals surface area contributed by atoms with Gasteiger partial charge < -0.3 is 16.8 Å². The van der Waals surface area contributed by atoms with E-state index in [4.69, 9.17) is 23.1 Å². The first-order chi connectivity index (χ1) is 9.88. The number of nitrogens with one attached hydrogen (secondary N) is 1. The number of hydrogen-bond donors (Lipinski definition) is 3. The van der Waals surface area contributed by atoms with Crippen LogP contribution in [0.4, 0.5) is 25.8 Å². The highest BCUT2D eigenvalue weighted by molar-refractivity contribution is 6.33. The minimum absolute atomic E-state index is 0.100. The minimum Gasteiger partial charge on any atom is -0.397 e. The average Bonchev–Trinajstić information content (AvgIpc) is 2.44. The maximum Gasteiger partial charge on any atom is 0.169 e. The van der Waals surface area contributed by atoms with E-state index in [1.807, 2.05) is 6.92 Å². The second-order valence-electron chi connectivity index (χ2n) is 4.93. The largest absolute Gasteiger partial charge is 0.397 e. The summed E-state index contributed by atoms with van der Waals surface area (Å²) in [6.45, 7) is 1.87. The lowest BCUT2D eigenvalue weighted by molar-refractivity contribution is 0.624. The first kappa shape index (κ1) is 15.4. The number of nitrogen functional groups attached to an aromatic ring is 2. The zero-order chi connectivity index (χ0) is 15.6. The molecule has 3 nitrogen and oxygen atoms in total. The van der Waals surface area contributed by atoms with Crippen LogP contribution in [0.1, 0.15) is 12.5 Å². The van der Waals surface area contributed by atoms with Crippen molar-refractivity contribution >= 4 is 28.7 Å². The molecule has 21 heavy (non-hydrogen) atoms. The quantitative estimate of drug-likeness (QED) is 0.752. The summed E-state index contributed by atoms with van der Waals surface area (Å²) in [5.74, 6) is -0.958. The van der Waals surface area contributed by atoms with Gasteiger partial charge in [-0.2, -0.15) is 0 Å². The third kappa shape index (κ3) is 3.55. The monoisotopic (exact) mass is 311 g/mol. The van der Waals surface area contributed by atoms with Crippen LogP contribution in [0.2, 0.25) is 5.02 Å². The maximum atomic E-state index is 14.1. The Morgan fingerprint density at radius 1 is 1.14 bits per heavy atom. The molecule has 0 heterocycles. The molecule has 2 rings (SSSR count). The molecule has 0 spiro atoms. The Balaban J connectivity index is 2.14. The number of nitrogens with two attached hydrogens (primary N) is 2. The van der Waals surface area contributed by atoms with Crippen molar-refractivity contribution in [3.8, 4) is 0 Å². The molecule has 0 radical (unpaired) electrons. The van der Waals surface area contributed by atoms with Gasteiger partial charge in [0.1, 0.15) is 10.8 Å². The first-order valence-corrected chi connectivity index (χ1v) is 6.80. The fourth-order valence-corrected chi connectivity index (χ4v) is 2.23. The van der Waals surface area contributed by atoms with Gasteiger partial charge in [0.05, 0.1) is 17.1 Å². The summed E-state index contributed by atoms with van der Waals surface area (Å²) in [7, 11) is 0. The second-order valence-corrected chi connectivity index (χ2v) is 5.31. The van der Waals surface area contributed by atoms with Gasteiger partial charge in [-0.25, -0.2) is 8.78 Å². The molecule has 0 aliphatic rings. The highest BCUT2D eigenvalue weighted by atomic mass is 35.5. The van der Waals surface area contributed by atoms with E-state index >= 15 is 0 Å². The third-order valence-electron chi connectivity index (χ3n) is 3.11. The molecule has 0 aromatic heterocycles. The van der Waals surface area contributed by atoms with E-state index in [-0.39, 0.29) is 33.9 Å². The molecule has 0 amide bonds. The molecule has 0 aliphatic heterocycles. The lowest BCUT2D eigenvalue weighted by Gasteiger charge is -2.18. The Kier molecular flexibility index (Phi) is 4.53. The molecule has 112 valence electrons. The van der Waals surface area contributed by atoms with Crippen LogP contribution in [0.3, 0.4) is 0 Å². The molecule has 1 unspecified atom stereocenters. The molecular formula is C15H16ClF2N3. The van der Waals surface area contributed by atoms with Crippen LogP contribution in [0.25, 0.3) is 0 Å². The Labute approximate surface area is 126 Å². The Morgan fingerprint density at radius 2 is 1.76 bits per heavy atom. The van der Waals surface area contributed by atoms with Gasteiger partial charge in [0.15, 0.2) is 5.82 Å². The number of rotatable bonds is 4. The van der Waals surface area contributed by atoms with E-state index in [0.29, 0.717) is 6.42 Å². The number of anilines is 3. The van der Waals surface area contributed by atoms with E-state index in [1.165, 1.54) is 18.2 Å². The van der Waals surface area contributed by atoms with Crippen molar-refractivity contribution < 1.29 is 8.78 Å². The zero-order valence-electron chi connectivity index (χ0n) is 11.5. The van der Waals surface area contributed by atoms with E-state index in [2.05, 4.69) is 5.32 Å². The molecule has 6 heteroatoms. The van der Waals surface area contributed by atoms with Gasteiger partial charge in [-0.3, -0.25) is 0 Å². The predicted molar refractivity (Wildman–Crippen MR) is 83.4 cm³/mol. The summed E-state index contributed by atoms with van der Waals surface area (Å²) >= 11 is 5.78. The van der Waals surface area contributed by atoms with Gasteiger partial charge in [-0.1, -0.05) is 23.7 Å². The van der Waals surface area contributed by atoms with E-state index < -0.39 is 5.82 Å². The van der Waals surface area contributed by atoms with Gasteiger partial charge >= 0.3 is 0 Å². The minimum atomic E-state index is -0.667. The Hall–Kier alpha value is -2.01. The second kappa shape index (κ2) is 6.18. The smallest absolute Gasteiger partial charge is 0.169 e. The SMILES string of the molecule is CC(Cc1ccc(F)cc1)Nc1c(N)cc(N)c(Cl)c1F. The molecule has 0 saturated carbocycles. The zero-order valence-corrected chi connectivity index (χ0v) is 12.2. The lowest BCUT2D eigenvalue weighted by atomic mass is 10.1. The van der Waals surface area contributed by atoms with Gasteiger partial charge in [0.2, 0.25) is 0 Å². The summed E-state index contributed by atoms with van der Waals surface area (Å²) in [5.41, 5.74) is 12.7. The topological polar surface area (TPSA) is 64.1 Å². The summed E-state index contributed by atoms with van der Waals surface area (Å²) in [6, 6.07) is 7.44. The summed E-state index contributed by atoms with van der Waals surface area (Å²) < 4.78 is 26.9. The van der Waals surface area contributed by atoms with Crippen LogP contribution in [0, 0.1) is 11.6 Å². The van der Waals surface area contributed by atoms with Crippen molar-refractivity contribution in [1.29, 1.82) is 0 Å². The molecule has 0 saturated heterocycles. The average molecular weight is 312 g/mol. The van der Waals surface area contributed by atoms with Crippen LogP contribution in [-0.4, -0.2) is 6.04 Å². The van der Waals surface area contributed by atoms with E-state index in [0.717, 1.165) is 5.56 Å². The number of halogens is 3.